The van der Waals surface area contributed by atoms with Gasteiger partial charge in [-0.1, -0.05) is 15.9 Å². The lowest BCUT2D eigenvalue weighted by atomic mass is 10.1. The van der Waals surface area contributed by atoms with Gasteiger partial charge in [0.25, 0.3) is 5.91 Å². The molecule has 19 heavy (non-hydrogen) atoms. The lowest BCUT2D eigenvalue weighted by Gasteiger charge is -2.23. The van der Waals surface area contributed by atoms with Gasteiger partial charge in [-0.3, -0.25) is 4.79 Å². The van der Waals surface area contributed by atoms with Crippen molar-refractivity contribution in [2.45, 2.75) is 25.7 Å². The van der Waals surface area contributed by atoms with Crippen LogP contribution in [0.1, 0.15) is 24.2 Å². The van der Waals surface area contributed by atoms with E-state index >= 15 is 0 Å². The van der Waals surface area contributed by atoms with Crippen molar-refractivity contribution in [1.29, 1.82) is 0 Å². The molecule has 106 valence electrons. The van der Waals surface area contributed by atoms with E-state index in [2.05, 4.69) is 26.0 Å². The van der Waals surface area contributed by atoms with Crippen LogP contribution in [-0.2, 0) is 0 Å². The van der Waals surface area contributed by atoms with E-state index in [9.17, 15) is 18.0 Å². The molecule has 7 heteroatoms. The Morgan fingerprint density at radius 1 is 1.26 bits per heavy atom. The Kier molecular flexibility index (Phi) is 4.84. The Labute approximate surface area is 117 Å². The molecule has 0 aromatic heterocycles. The summed E-state index contributed by atoms with van der Waals surface area (Å²) in [6, 6.07) is 4.76. The van der Waals surface area contributed by atoms with Gasteiger partial charge in [0.15, 0.2) is 0 Å². The van der Waals surface area contributed by atoms with Gasteiger partial charge in [-0.25, -0.2) is 0 Å². The van der Waals surface area contributed by atoms with Crippen LogP contribution in [0.3, 0.4) is 0 Å². The van der Waals surface area contributed by atoms with E-state index in [4.69, 9.17) is 0 Å². The first kappa shape index (κ1) is 15.8. The Morgan fingerprint density at radius 2 is 1.79 bits per heavy atom. The molecular formula is C12H13BrF3NO2. The molecule has 0 aliphatic carbocycles. The van der Waals surface area contributed by atoms with Gasteiger partial charge < -0.3 is 10.1 Å². The Bertz CT molecular complexity index is 443. The fourth-order valence-corrected chi connectivity index (χ4v) is 1.36. The molecule has 0 heterocycles. The van der Waals surface area contributed by atoms with Crippen LogP contribution in [0, 0.1) is 0 Å². The fraction of sp³-hybridized carbons (Fsp3) is 0.417. The molecule has 0 aliphatic rings. The molecule has 0 atom stereocenters. The van der Waals surface area contributed by atoms with Gasteiger partial charge in [0.2, 0.25) is 0 Å². The highest BCUT2D eigenvalue weighted by molar-refractivity contribution is 9.09. The zero-order valence-electron chi connectivity index (χ0n) is 10.3. The Morgan fingerprint density at radius 3 is 2.21 bits per heavy atom. The van der Waals surface area contributed by atoms with Crippen LogP contribution in [0.2, 0.25) is 0 Å². The van der Waals surface area contributed by atoms with Gasteiger partial charge in [-0.15, -0.1) is 13.2 Å². The molecule has 0 fully saturated rings. The highest BCUT2D eigenvalue weighted by Crippen LogP contribution is 2.22. The molecule has 0 saturated carbocycles. The molecule has 1 N–H and O–H groups in total. The molecular weight excluding hydrogens is 327 g/mol. The quantitative estimate of drug-likeness (QED) is 0.853. The van der Waals surface area contributed by atoms with E-state index in [1.165, 1.54) is 12.1 Å². The van der Waals surface area contributed by atoms with Gasteiger partial charge in [0.1, 0.15) is 5.75 Å². The number of carbonyl (C=O) groups excluding carboxylic acids is 1. The highest BCUT2D eigenvalue weighted by atomic mass is 79.9. The predicted molar refractivity (Wildman–Crippen MR) is 68.5 cm³/mol. The van der Waals surface area contributed by atoms with Crippen LogP contribution in [0.4, 0.5) is 13.2 Å². The maximum absolute atomic E-state index is 12.0. The van der Waals surface area contributed by atoms with E-state index < -0.39 is 11.9 Å². The number of rotatable bonds is 4. The third kappa shape index (κ3) is 5.50. The molecule has 0 saturated heterocycles. The van der Waals surface area contributed by atoms with Crippen LogP contribution >= 0.6 is 15.9 Å². The van der Waals surface area contributed by atoms with E-state index in [1.54, 1.807) is 0 Å². The Hall–Kier alpha value is -1.24. The van der Waals surface area contributed by atoms with Crippen LogP contribution in [-0.4, -0.2) is 23.1 Å². The van der Waals surface area contributed by atoms with Crippen molar-refractivity contribution in [2.24, 2.45) is 0 Å². The maximum Gasteiger partial charge on any atom is 0.573 e. The van der Waals surface area contributed by atoms with Gasteiger partial charge in [-0.2, -0.15) is 0 Å². The molecule has 3 nitrogen and oxygen atoms in total. The number of halogens is 4. The number of nitrogens with one attached hydrogen (secondary N) is 1. The second-order valence-electron chi connectivity index (χ2n) is 4.54. The molecule has 0 bridgehead atoms. The van der Waals surface area contributed by atoms with Gasteiger partial charge in [-0.05, 0) is 38.1 Å². The molecule has 1 aromatic rings. The minimum Gasteiger partial charge on any atom is -0.406 e. The van der Waals surface area contributed by atoms with E-state index in [-0.39, 0.29) is 17.2 Å². The summed E-state index contributed by atoms with van der Waals surface area (Å²) in [6.07, 6.45) is -4.73. The minimum absolute atomic E-state index is 0.267. The number of amides is 1. The second kappa shape index (κ2) is 5.81. The fourth-order valence-electron chi connectivity index (χ4n) is 1.22. The van der Waals surface area contributed by atoms with Crippen molar-refractivity contribution in [1.82, 2.24) is 5.32 Å². The monoisotopic (exact) mass is 339 g/mol. The number of ether oxygens (including phenoxy) is 1. The molecule has 0 spiro atoms. The topological polar surface area (TPSA) is 38.3 Å². The summed E-state index contributed by atoms with van der Waals surface area (Å²) in [5.74, 6) is -0.716. The molecule has 1 amide bonds. The summed E-state index contributed by atoms with van der Waals surface area (Å²) in [4.78, 5) is 11.8. The second-order valence-corrected chi connectivity index (χ2v) is 5.10. The van der Waals surface area contributed by atoms with Crippen LogP contribution in [0.5, 0.6) is 5.75 Å². The van der Waals surface area contributed by atoms with Gasteiger partial charge in [0.05, 0.1) is 0 Å². The maximum atomic E-state index is 12.0. The Balaban J connectivity index is 2.74. The van der Waals surface area contributed by atoms with E-state index in [0.29, 0.717) is 5.33 Å². The third-order valence-electron chi connectivity index (χ3n) is 2.14. The van der Waals surface area contributed by atoms with Crippen molar-refractivity contribution in [3.05, 3.63) is 29.8 Å². The van der Waals surface area contributed by atoms with Crippen molar-refractivity contribution >= 4 is 21.8 Å². The average molecular weight is 340 g/mol. The third-order valence-corrected chi connectivity index (χ3v) is 3.54. The molecule has 0 radical (unpaired) electrons. The number of hydrogen-bond acceptors (Lipinski definition) is 2. The van der Waals surface area contributed by atoms with Crippen LogP contribution in [0.25, 0.3) is 0 Å². The first-order chi connectivity index (χ1) is 8.63. The summed E-state index contributed by atoms with van der Waals surface area (Å²) in [5, 5.41) is 3.30. The minimum atomic E-state index is -4.73. The highest BCUT2D eigenvalue weighted by Gasteiger charge is 2.31. The first-order valence-electron chi connectivity index (χ1n) is 5.37. The van der Waals surface area contributed by atoms with E-state index in [1.807, 2.05) is 13.8 Å². The molecule has 1 rings (SSSR count). The summed E-state index contributed by atoms with van der Waals surface area (Å²) >= 11 is 3.26. The summed E-state index contributed by atoms with van der Waals surface area (Å²) in [7, 11) is 0. The van der Waals surface area contributed by atoms with Crippen LogP contribution in [0.15, 0.2) is 24.3 Å². The van der Waals surface area contributed by atoms with Crippen molar-refractivity contribution in [3.63, 3.8) is 0 Å². The summed E-state index contributed by atoms with van der Waals surface area (Å²) in [5.41, 5.74) is -0.179. The smallest absolute Gasteiger partial charge is 0.406 e. The molecule has 1 aromatic carbocycles. The lowest BCUT2D eigenvalue weighted by Crippen LogP contribution is -2.44. The van der Waals surface area contributed by atoms with Gasteiger partial charge in [0, 0.05) is 16.4 Å². The zero-order valence-corrected chi connectivity index (χ0v) is 11.9. The SMILES string of the molecule is CC(C)(CBr)NC(=O)c1ccc(OC(F)(F)F)cc1. The van der Waals surface area contributed by atoms with Crippen LogP contribution < -0.4 is 10.1 Å². The molecule has 0 unspecified atom stereocenters. The lowest BCUT2D eigenvalue weighted by molar-refractivity contribution is -0.274. The number of hydrogen-bond donors (Lipinski definition) is 1. The summed E-state index contributed by atoms with van der Waals surface area (Å²) < 4.78 is 39.6. The average Bonchev–Trinajstić information content (AvgIpc) is 2.27. The van der Waals surface area contributed by atoms with Crippen molar-refractivity contribution in [3.8, 4) is 5.75 Å². The number of carbonyl (C=O) groups is 1. The number of alkyl halides is 4. The van der Waals surface area contributed by atoms with E-state index in [0.717, 1.165) is 12.1 Å². The van der Waals surface area contributed by atoms with Crippen molar-refractivity contribution < 1.29 is 22.7 Å². The predicted octanol–water partition coefficient (Wildman–Crippen LogP) is 3.49. The largest absolute Gasteiger partial charge is 0.573 e. The normalized spacial score (nSPS) is 12.1. The standard InChI is InChI=1S/C12H13BrF3NO2/c1-11(2,7-13)17-10(18)8-3-5-9(6-4-8)19-12(14,15)16/h3-6H,7H2,1-2H3,(H,17,18). The zero-order chi connectivity index (χ0) is 14.7. The van der Waals surface area contributed by atoms with Gasteiger partial charge >= 0.3 is 6.36 Å². The number of benzene rings is 1. The summed E-state index contributed by atoms with van der Waals surface area (Å²) in [6.45, 7) is 3.64. The molecule has 0 aliphatic heterocycles. The first-order valence-corrected chi connectivity index (χ1v) is 6.49. The van der Waals surface area contributed by atoms with Crippen molar-refractivity contribution in [2.75, 3.05) is 5.33 Å².